The normalized spacial score (nSPS) is 10.2. The maximum atomic E-state index is 11.9. The molecule has 2 amide bonds. The number of nitrogen functional groups attached to an aromatic ring is 1. The lowest BCUT2D eigenvalue weighted by atomic mass is 10.1. The van der Waals surface area contributed by atoms with Crippen LogP contribution in [0.4, 0.5) is 11.4 Å². The number of rotatable bonds is 6. The zero-order chi connectivity index (χ0) is 17.5. The van der Waals surface area contributed by atoms with Gasteiger partial charge in [0.2, 0.25) is 11.8 Å². The summed E-state index contributed by atoms with van der Waals surface area (Å²) >= 11 is 11.8. The molecule has 126 valence electrons. The van der Waals surface area contributed by atoms with E-state index in [1.807, 2.05) is 30.3 Å². The molecule has 0 aromatic heterocycles. The zero-order valence-corrected chi connectivity index (χ0v) is 14.3. The summed E-state index contributed by atoms with van der Waals surface area (Å²) < 4.78 is 0. The van der Waals surface area contributed by atoms with E-state index in [1.165, 1.54) is 12.1 Å². The Bertz CT molecular complexity index is 713. The summed E-state index contributed by atoms with van der Waals surface area (Å²) in [6.07, 6.45) is 0.422. The minimum Gasteiger partial charge on any atom is -0.396 e. The number of nitrogens with one attached hydrogen (secondary N) is 2. The van der Waals surface area contributed by atoms with Crippen LogP contribution >= 0.6 is 23.2 Å². The molecule has 0 saturated carbocycles. The summed E-state index contributed by atoms with van der Waals surface area (Å²) in [5.74, 6) is -0.389. The number of nitrogens with two attached hydrogens (primary N) is 1. The van der Waals surface area contributed by atoms with Crippen LogP contribution in [0.15, 0.2) is 42.5 Å². The highest BCUT2D eigenvalue weighted by atomic mass is 35.5. The van der Waals surface area contributed by atoms with E-state index in [9.17, 15) is 9.59 Å². The average Bonchev–Trinajstić information content (AvgIpc) is 2.53. The third-order valence-electron chi connectivity index (χ3n) is 3.24. The van der Waals surface area contributed by atoms with Gasteiger partial charge in [0, 0.05) is 18.7 Å². The lowest BCUT2D eigenvalue weighted by Gasteiger charge is -2.09. The van der Waals surface area contributed by atoms with Crippen molar-refractivity contribution in [1.29, 1.82) is 0 Å². The molecule has 2 aromatic carbocycles. The number of halogens is 2. The summed E-state index contributed by atoms with van der Waals surface area (Å²) in [5.41, 5.74) is 7.28. The predicted molar refractivity (Wildman–Crippen MR) is 97.3 cm³/mol. The van der Waals surface area contributed by atoms with Crippen LogP contribution in [0.1, 0.15) is 12.0 Å². The molecule has 0 unspecified atom stereocenters. The summed E-state index contributed by atoms with van der Waals surface area (Å²) in [5, 5.41) is 5.91. The van der Waals surface area contributed by atoms with Gasteiger partial charge >= 0.3 is 0 Å². The van der Waals surface area contributed by atoms with Gasteiger partial charge in [-0.25, -0.2) is 0 Å². The number of carbonyl (C=O) groups is 2. The minimum absolute atomic E-state index is 0.132. The highest BCUT2D eigenvalue weighted by Crippen LogP contribution is 2.31. The van der Waals surface area contributed by atoms with Crippen LogP contribution in [0.5, 0.6) is 0 Å². The molecule has 24 heavy (non-hydrogen) atoms. The highest BCUT2D eigenvalue weighted by molar-refractivity contribution is 6.39. The van der Waals surface area contributed by atoms with Gasteiger partial charge in [-0.2, -0.15) is 0 Å². The second-order valence-electron chi connectivity index (χ2n) is 5.16. The molecule has 0 aliphatic heterocycles. The van der Waals surface area contributed by atoms with E-state index < -0.39 is 0 Å². The molecule has 7 heteroatoms. The molecule has 4 N–H and O–H groups in total. The van der Waals surface area contributed by atoms with Crippen LogP contribution in [-0.2, 0) is 16.0 Å². The Morgan fingerprint density at radius 3 is 2.25 bits per heavy atom. The molecule has 0 aliphatic rings. The van der Waals surface area contributed by atoms with E-state index in [-0.39, 0.29) is 46.9 Å². The fourth-order valence-electron chi connectivity index (χ4n) is 2.04. The van der Waals surface area contributed by atoms with Gasteiger partial charge in [-0.3, -0.25) is 9.59 Å². The van der Waals surface area contributed by atoms with Crippen molar-refractivity contribution in [3.05, 3.63) is 58.1 Å². The van der Waals surface area contributed by atoms with Gasteiger partial charge in [-0.05, 0) is 17.7 Å². The zero-order valence-electron chi connectivity index (χ0n) is 12.8. The lowest BCUT2D eigenvalue weighted by Crippen LogP contribution is -2.28. The molecule has 0 saturated heterocycles. The second kappa shape index (κ2) is 8.57. The SMILES string of the molecule is Nc1c(Cl)cc(NC(=O)CCNC(=O)Cc2ccccc2)cc1Cl. The van der Waals surface area contributed by atoms with E-state index in [0.29, 0.717) is 5.69 Å². The van der Waals surface area contributed by atoms with Crippen LogP contribution < -0.4 is 16.4 Å². The first-order chi connectivity index (χ1) is 11.5. The molecule has 0 spiro atoms. The molecule has 0 heterocycles. The molecule has 0 atom stereocenters. The van der Waals surface area contributed by atoms with E-state index in [2.05, 4.69) is 10.6 Å². The number of hydrogen-bond acceptors (Lipinski definition) is 3. The average molecular weight is 366 g/mol. The lowest BCUT2D eigenvalue weighted by molar-refractivity contribution is -0.120. The third-order valence-corrected chi connectivity index (χ3v) is 3.87. The number of carbonyl (C=O) groups excluding carboxylic acids is 2. The van der Waals surface area contributed by atoms with E-state index >= 15 is 0 Å². The molecule has 0 bridgehead atoms. The largest absolute Gasteiger partial charge is 0.396 e. The smallest absolute Gasteiger partial charge is 0.226 e. The maximum Gasteiger partial charge on any atom is 0.226 e. The van der Waals surface area contributed by atoms with Gasteiger partial charge in [-0.15, -0.1) is 0 Å². The number of benzene rings is 2. The van der Waals surface area contributed by atoms with E-state index in [4.69, 9.17) is 28.9 Å². The van der Waals surface area contributed by atoms with Gasteiger partial charge in [0.1, 0.15) is 0 Å². The van der Waals surface area contributed by atoms with Crippen molar-refractivity contribution >= 4 is 46.4 Å². The van der Waals surface area contributed by atoms with Crippen LogP contribution in [0.25, 0.3) is 0 Å². The van der Waals surface area contributed by atoms with E-state index in [0.717, 1.165) is 5.56 Å². The van der Waals surface area contributed by atoms with Crippen LogP contribution in [0.2, 0.25) is 10.0 Å². The molecule has 2 rings (SSSR count). The van der Waals surface area contributed by atoms with Crippen LogP contribution in [0, 0.1) is 0 Å². The van der Waals surface area contributed by atoms with Crippen molar-refractivity contribution in [3.63, 3.8) is 0 Å². The van der Waals surface area contributed by atoms with Crippen molar-refractivity contribution < 1.29 is 9.59 Å². The maximum absolute atomic E-state index is 11.9. The Kier molecular flexibility index (Phi) is 6.46. The molecule has 5 nitrogen and oxygen atoms in total. The molecule has 0 radical (unpaired) electrons. The van der Waals surface area contributed by atoms with Crippen molar-refractivity contribution in [2.75, 3.05) is 17.6 Å². The highest BCUT2D eigenvalue weighted by Gasteiger charge is 2.09. The quantitative estimate of drug-likeness (QED) is 0.686. The fraction of sp³-hybridized carbons (Fsp3) is 0.176. The van der Waals surface area contributed by atoms with Gasteiger partial charge in [0.25, 0.3) is 0 Å². The van der Waals surface area contributed by atoms with Crippen LogP contribution in [-0.4, -0.2) is 18.4 Å². The molecular weight excluding hydrogens is 349 g/mol. The topological polar surface area (TPSA) is 84.2 Å². The first-order valence-corrected chi connectivity index (χ1v) is 8.06. The van der Waals surface area contributed by atoms with Gasteiger partial charge in [0.15, 0.2) is 0 Å². The van der Waals surface area contributed by atoms with Crippen LogP contribution in [0.3, 0.4) is 0 Å². The Hall–Kier alpha value is -2.24. The number of anilines is 2. The number of amides is 2. The molecule has 0 aliphatic carbocycles. The van der Waals surface area contributed by atoms with E-state index in [1.54, 1.807) is 0 Å². The third kappa shape index (κ3) is 5.44. The Morgan fingerprint density at radius 2 is 1.62 bits per heavy atom. The Balaban J connectivity index is 1.76. The van der Waals surface area contributed by atoms with Crippen molar-refractivity contribution in [2.24, 2.45) is 0 Å². The van der Waals surface area contributed by atoms with Gasteiger partial charge in [0.05, 0.1) is 22.2 Å². The standard InChI is InChI=1S/C17H17Cl2N3O2/c18-13-9-12(10-14(19)17(13)20)22-15(23)6-7-21-16(24)8-11-4-2-1-3-5-11/h1-5,9-10H,6-8,20H2,(H,21,24)(H,22,23). The number of hydrogen-bond donors (Lipinski definition) is 3. The molecule has 2 aromatic rings. The Labute approximate surface area is 150 Å². The Morgan fingerprint density at radius 1 is 1.00 bits per heavy atom. The minimum atomic E-state index is -0.257. The first-order valence-electron chi connectivity index (χ1n) is 7.30. The van der Waals surface area contributed by atoms with Crippen molar-refractivity contribution in [1.82, 2.24) is 5.32 Å². The summed E-state index contributed by atoms with van der Waals surface area (Å²) in [7, 11) is 0. The monoisotopic (exact) mass is 365 g/mol. The van der Waals surface area contributed by atoms with Crippen molar-refractivity contribution in [2.45, 2.75) is 12.8 Å². The molecular formula is C17H17Cl2N3O2. The van der Waals surface area contributed by atoms with Gasteiger partial charge < -0.3 is 16.4 Å². The van der Waals surface area contributed by atoms with Gasteiger partial charge in [-0.1, -0.05) is 53.5 Å². The molecule has 0 fully saturated rings. The summed E-state index contributed by atoms with van der Waals surface area (Å²) in [4.78, 5) is 23.7. The first kappa shape index (κ1) is 18.1. The fourth-order valence-corrected chi connectivity index (χ4v) is 2.53. The summed E-state index contributed by atoms with van der Waals surface area (Å²) in [6, 6.07) is 12.4. The second-order valence-corrected chi connectivity index (χ2v) is 5.98. The summed E-state index contributed by atoms with van der Waals surface area (Å²) in [6.45, 7) is 0.244. The predicted octanol–water partition coefficient (Wildman–Crippen LogP) is 3.26. The van der Waals surface area contributed by atoms with Crippen molar-refractivity contribution in [3.8, 4) is 0 Å².